The van der Waals surface area contributed by atoms with E-state index < -0.39 is 6.29 Å². The first-order valence-corrected chi connectivity index (χ1v) is 8.77. The van der Waals surface area contributed by atoms with E-state index in [1.807, 2.05) is 0 Å². The zero-order chi connectivity index (χ0) is 20.2. The summed E-state index contributed by atoms with van der Waals surface area (Å²) in [4.78, 5) is 18.3. The van der Waals surface area contributed by atoms with Crippen LogP contribution in [0.25, 0.3) is 0 Å². The van der Waals surface area contributed by atoms with Crippen LogP contribution in [-0.4, -0.2) is 53.9 Å². The summed E-state index contributed by atoms with van der Waals surface area (Å²) in [6, 6.07) is 3.27. The lowest BCUT2D eigenvalue weighted by molar-refractivity contribution is -0.106. The number of pyridine rings is 2. The Kier molecular flexibility index (Phi) is 11.0. The number of aldehydes is 1. The van der Waals surface area contributed by atoms with Crippen LogP contribution in [0.1, 0.15) is 33.6 Å². The Hall–Kier alpha value is -1.61. The zero-order valence-corrected chi connectivity index (χ0v) is 16.6. The average molecular weight is 417 g/mol. The molecule has 0 fully saturated rings. The van der Waals surface area contributed by atoms with Gasteiger partial charge >= 0.3 is 0 Å². The van der Waals surface area contributed by atoms with Gasteiger partial charge in [-0.25, -0.2) is 0 Å². The van der Waals surface area contributed by atoms with Gasteiger partial charge in [-0.1, -0.05) is 23.2 Å². The zero-order valence-electron chi connectivity index (χ0n) is 15.1. The molecule has 2 heterocycles. The van der Waals surface area contributed by atoms with Gasteiger partial charge in [-0.15, -0.1) is 0 Å². The van der Waals surface area contributed by atoms with Crippen molar-refractivity contribution < 1.29 is 24.5 Å². The van der Waals surface area contributed by atoms with E-state index in [1.165, 1.54) is 12.3 Å². The van der Waals surface area contributed by atoms with Gasteiger partial charge in [-0.2, -0.15) is 0 Å². The molecular formula is C18H22Cl2N2O5. The lowest BCUT2D eigenvalue weighted by Gasteiger charge is -2.14. The monoisotopic (exact) mass is 416 g/mol. The lowest BCUT2D eigenvalue weighted by atomic mass is 10.2. The fraction of sp³-hybridized carbons (Fsp3) is 0.389. The highest BCUT2D eigenvalue weighted by Crippen LogP contribution is 2.22. The summed E-state index contributed by atoms with van der Waals surface area (Å²) in [5, 5.41) is 18.3. The molecule has 2 aromatic heterocycles. The number of halogens is 2. The van der Waals surface area contributed by atoms with Crippen molar-refractivity contribution in [3.63, 3.8) is 0 Å². The first-order chi connectivity index (χ1) is 13.0. The molecule has 27 heavy (non-hydrogen) atoms. The Morgan fingerprint density at radius 2 is 1.52 bits per heavy atom. The number of rotatable bonds is 8. The molecule has 0 aliphatic heterocycles. The van der Waals surface area contributed by atoms with Gasteiger partial charge in [0.1, 0.15) is 0 Å². The second-order valence-electron chi connectivity index (χ2n) is 5.26. The molecule has 0 bridgehead atoms. The predicted molar refractivity (Wildman–Crippen MR) is 102 cm³/mol. The summed E-state index contributed by atoms with van der Waals surface area (Å²) in [6.07, 6.45) is 4.15. The lowest BCUT2D eigenvalue weighted by Crippen LogP contribution is -2.05. The highest BCUT2D eigenvalue weighted by atomic mass is 35.5. The topological polar surface area (TPSA) is 102 Å². The van der Waals surface area contributed by atoms with E-state index in [9.17, 15) is 4.79 Å². The molecule has 7 nitrogen and oxygen atoms in total. The van der Waals surface area contributed by atoms with Crippen LogP contribution in [0.3, 0.4) is 0 Å². The van der Waals surface area contributed by atoms with Gasteiger partial charge < -0.3 is 19.7 Å². The van der Waals surface area contributed by atoms with Gasteiger partial charge in [-0.3, -0.25) is 14.8 Å². The van der Waals surface area contributed by atoms with Gasteiger partial charge in [-0.05, 0) is 12.1 Å². The van der Waals surface area contributed by atoms with Crippen LogP contribution in [0.15, 0.2) is 24.5 Å². The molecule has 0 radical (unpaired) electrons. The summed E-state index contributed by atoms with van der Waals surface area (Å²) in [7, 11) is 3.09. The number of aliphatic hydroxyl groups excluding tert-OH is 2. The van der Waals surface area contributed by atoms with Crippen LogP contribution in [0.4, 0.5) is 0 Å². The largest absolute Gasteiger partial charge is 0.396 e. The van der Waals surface area contributed by atoms with E-state index in [0.29, 0.717) is 46.1 Å². The van der Waals surface area contributed by atoms with Crippen LogP contribution in [0.5, 0.6) is 0 Å². The molecule has 148 valence electrons. The normalized spacial score (nSPS) is 10.5. The molecule has 2 rings (SSSR count). The molecule has 0 spiro atoms. The second-order valence-corrected chi connectivity index (χ2v) is 6.08. The standard InChI is InChI=1S/C10H14ClNO3.C8H8ClNO2/c1-14-10(15-2)7-5-8(11)9(3-4-13)12-6-7;9-7-3-6(5-12)4-10-8(7)1-2-11/h5-6,10,13H,3-4H2,1-2H3;3-5,11H,1-2H2. The van der Waals surface area contributed by atoms with Crippen molar-refractivity contribution in [2.75, 3.05) is 27.4 Å². The second kappa shape index (κ2) is 12.7. The first kappa shape index (κ1) is 23.4. The van der Waals surface area contributed by atoms with Crippen molar-refractivity contribution in [2.24, 2.45) is 0 Å². The van der Waals surface area contributed by atoms with Crippen molar-refractivity contribution in [3.8, 4) is 0 Å². The highest BCUT2D eigenvalue weighted by molar-refractivity contribution is 6.31. The van der Waals surface area contributed by atoms with Crippen molar-refractivity contribution in [1.29, 1.82) is 0 Å². The Bertz CT molecular complexity index is 727. The summed E-state index contributed by atoms with van der Waals surface area (Å²) in [6.45, 7) is 0.0389. The number of ether oxygens (including phenoxy) is 2. The quantitative estimate of drug-likeness (QED) is 0.503. The number of nitrogens with zero attached hydrogens (tertiary/aromatic N) is 2. The highest BCUT2D eigenvalue weighted by Gasteiger charge is 2.11. The Balaban J connectivity index is 0.000000277. The van der Waals surface area contributed by atoms with Gasteiger partial charge in [0.05, 0.1) is 21.4 Å². The maximum atomic E-state index is 10.3. The van der Waals surface area contributed by atoms with E-state index in [-0.39, 0.29) is 13.2 Å². The SMILES string of the molecule is COC(OC)c1cnc(CCO)c(Cl)c1.O=Cc1cnc(CCO)c(Cl)c1. The molecule has 2 aromatic rings. The Morgan fingerprint density at radius 1 is 1.00 bits per heavy atom. The summed E-state index contributed by atoms with van der Waals surface area (Å²) in [5.74, 6) is 0. The smallest absolute Gasteiger partial charge is 0.184 e. The van der Waals surface area contributed by atoms with Crippen LogP contribution < -0.4 is 0 Å². The molecule has 0 saturated carbocycles. The van der Waals surface area contributed by atoms with Crippen LogP contribution in [0, 0.1) is 0 Å². The number of aromatic nitrogens is 2. The number of carbonyl (C=O) groups is 1. The number of hydrogen-bond acceptors (Lipinski definition) is 7. The maximum Gasteiger partial charge on any atom is 0.184 e. The van der Waals surface area contributed by atoms with Crippen LogP contribution in [-0.2, 0) is 22.3 Å². The van der Waals surface area contributed by atoms with Crippen LogP contribution >= 0.6 is 23.2 Å². The molecule has 0 atom stereocenters. The van der Waals surface area contributed by atoms with Gasteiger partial charge in [0.15, 0.2) is 12.6 Å². The van der Waals surface area contributed by atoms with Gasteiger partial charge in [0.2, 0.25) is 0 Å². The maximum absolute atomic E-state index is 10.3. The molecule has 0 unspecified atom stereocenters. The molecule has 2 N–H and O–H groups in total. The minimum Gasteiger partial charge on any atom is -0.396 e. The van der Waals surface area contributed by atoms with Crippen molar-refractivity contribution in [1.82, 2.24) is 9.97 Å². The van der Waals surface area contributed by atoms with E-state index in [1.54, 1.807) is 26.5 Å². The van der Waals surface area contributed by atoms with Crippen molar-refractivity contribution in [3.05, 3.63) is 57.1 Å². The number of aliphatic hydroxyl groups is 2. The average Bonchev–Trinajstić information content (AvgIpc) is 2.67. The molecule has 0 aliphatic rings. The first-order valence-electron chi connectivity index (χ1n) is 8.01. The minimum atomic E-state index is -0.460. The number of carbonyl (C=O) groups excluding carboxylic acids is 1. The van der Waals surface area contributed by atoms with Crippen molar-refractivity contribution >= 4 is 29.5 Å². The minimum absolute atomic E-state index is 0.00710. The number of hydrogen-bond donors (Lipinski definition) is 2. The molecular weight excluding hydrogens is 395 g/mol. The van der Waals surface area contributed by atoms with E-state index in [2.05, 4.69) is 9.97 Å². The fourth-order valence-electron chi connectivity index (χ4n) is 2.10. The molecule has 9 heteroatoms. The van der Waals surface area contributed by atoms with E-state index in [0.717, 1.165) is 5.56 Å². The third-order valence-electron chi connectivity index (χ3n) is 3.41. The van der Waals surface area contributed by atoms with E-state index in [4.69, 9.17) is 42.9 Å². The van der Waals surface area contributed by atoms with Crippen LogP contribution in [0.2, 0.25) is 10.0 Å². The third-order valence-corrected chi connectivity index (χ3v) is 4.07. The molecule has 0 amide bonds. The van der Waals surface area contributed by atoms with Gasteiger partial charge in [0, 0.05) is 63.8 Å². The summed E-state index contributed by atoms with van der Waals surface area (Å²) < 4.78 is 10.1. The third kappa shape index (κ3) is 7.50. The summed E-state index contributed by atoms with van der Waals surface area (Å²) in [5.41, 5.74) is 2.49. The van der Waals surface area contributed by atoms with Crippen molar-refractivity contribution in [2.45, 2.75) is 19.1 Å². The fourth-order valence-corrected chi connectivity index (χ4v) is 2.64. The number of methoxy groups -OCH3 is 2. The molecule has 0 saturated heterocycles. The molecule has 0 aliphatic carbocycles. The molecule has 0 aromatic carbocycles. The Labute approximate surface area is 167 Å². The van der Waals surface area contributed by atoms with E-state index >= 15 is 0 Å². The van der Waals surface area contributed by atoms with Gasteiger partial charge in [0.25, 0.3) is 0 Å². The predicted octanol–water partition coefficient (Wildman–Crippen LogP) is 2.64. The summed E-state index contributed by atoms with van der Waals surface area (Å²) >= 11 is 11.7. The Morgan fingerprint density at radius 3 is 1.93 bits per heavy atom.